The van der Waals surface area contributed by atoms with Crippen molar-refractivity contribution in [2.45, 2.75) is 201 Å². The van der Waals surface area contributed by atoms with Crippen LogP contribution in [0.5, 0.6) is 0 Å². The van der Waals surface area contributed by atoms with Gasteiger partial charge in [-0.15, -0.1) is 0 Å². The fourth-order valence-electron chi connectivity index (χ4n) is 6.39. The Hall–Kier alpha value is -2.59. The van der Waals surface area contributed by atoms with E-state index in [1.54, 1.807) is 0 Å². The summed E-state index contributed by atoms with van der Waals surface area (Å²) < 4.78 is 20.4. The van der Waals surface area contributed by atoms with Crippen LogP contribution in [0.1, 0.15) is 66.7 Å². The van der Waals surface area contributed by atoms with Crippen molar-refractivity contribution in [3.05, 3.63) is 0 Å². The number of hydrogen-bond acceptors (Lipinski definition) is 28. The maximum atomic E-state index is 11.9. The molecule has 31 nitrogen and oxygen atoms in total. The Kier molecular flexibility index (Phi) is 38.6. The van der Waals surface area contributed by atoms with Gasteiger partial charge in [0.15, 0.2) is 30.9 Å². The molecule has 31 heteroatoms. The quantitative estimate of drug-likeness (QED) is 0.0297. The first-order chi connectivity index (χ1) is 34.3. The number of unbranched alkanes of at least 4 members (excludes halogenated alkanes) is 3. The van der Waals surface area contributed by atoms with Gasteiger partial charge in [0.1, 0.15) is 104 Å². The Balaban J connectivity index is 0. The monoisotopic (exact) mass is 1090 g/mol. The predicted octanol–water partition coefficient (Wildman–Crippen LogP) is -11.7. The molecule has 22 atom stereocenters. The van der Waals surface area contributed by atoms with Crippen LogP contribution in [0.4, 0.5) is 0 Å². The third-order valence-corrected chi connectivity index (χ3v) is 11.3. The second kappa shape index (κ2) is 38.9. The van der Waals surface area contributed by atoms with Crippen molar-refractivity contribution in [2.24, 2.45) is 0 Å². The molecule has 0 aromatic heterocycles. The molecule has 2 heterocycles. The summed E-state index contributed by atoms with van der Waals surface area (Å²) in [4.78, 5) is 34.9. The van der Waals surface area contributed by atoms with E-state index in [2.05, 4.69) is 16.0 Å². The van der Waals surface area contributed by atoms with Crippen LogP contribution < -0.4 is 16.0 Å². The Labute approximate surface area is 427 Å². The van der Waals surface area contributed by atoms with Gasteiger partial charge in [0.25, 0.3) is 17.7 Å². The van der Waals surface area contributed by atoms with Crippen molar-refractivity contribution < 1.29 is 141 Å². The van der Waals surface area contributed by atoms with E-state index < -0.39 is 185 Å². The van der Waals surface area contributed by atoms with Gasteiger partial charge < -0.3 is 142 Å². The van der Waals surface area contributed by atoms with Crippen molar-refractivity contribution in [2.75, 3.05) is 52.7 Å². The largest absolute Gasteiger partial charge is 0.394 e. The number of carbonyl (C=O) groups is 3. The van der Waals surface area contributed by atoms with Crippen LogP contribution in [-0.4, -0.2) is 312 Å². The molecule has 22 unspecified atom stereocenters. The molecule has 2 fully saturated rings. The summed E-state index contributed by atoms with van der Waals surface area (Å²) in [5.41, 5.74) is 0. The minimum atomic E-state index is -2.03. The van der Waals surface area contributed by atoms with Crippen LogP contribution in [0.15, 0.2) is 0 Å². The van der Waals surface area contributed by atoms with E-state index in [-0.39, 0.29) is 20.5 Å². The molecular weight excluding hydrogens is 1010 g/mol. The standard InChI is InChI=1S/2C16H31NO11.C10H21NO6.CH4/c1-2-3-4-17-15(26)13(24)11(22)9(20)7(19)6-27-16-14(25)12(23)10(21)8(5-18)28-16;1-2-3-4-17-15(26)12(24)11(23)14(7(20)5-18)28-16-13(25)10(22)9(21)8(6-19)27-16;1-2-3-4-11-10(17)9(16)8(15)7(14)6(13)5-12;/h2*7-14,16,18-25H,2-6H2,1H3,(H,17,26);6-9,12-16H,2-5H2,1H3,(H,11,17);1H4. The predicted molar refractivity (Wildman–Crippen MR) is 249 cm³/mol. The van der Waals surface area contributed by atoms with E-state index in [0.29, 0.717) is 19.4 Å². The number of aliphatic hydroxyl groups is 21. The lowest BCUT2D eigenvalue weighted by Crippen LogP contribution is -2.62. The summed E-state index contributed by atoms with van der Waals surface area (Å²) >= 11 is 0. The Bertz CT molecular complexity index is 1480. The molecule has 2 aliphatic rings. The van der Waals surface area contributed by atoms with Gasteiger partial charge in [0.2, 0.25) is 0 Å². The highest BCUT2D eigenvalue weighted by Crippen LogP contribution is 2.26. The van der Waals surface area contributed by atoms with Crippen LogP contribution in [-0.2, 0) is 33.3 Å². The Morgan fingerprint density at radius 1 is 0.459 bits per heavy atom. The molecule has 442 valence electrons. The highest BCUT2D eigenvalue weighted by molar-refractivity contribution is 5.82. The molecule has 2 saturated heterocycles. The summed E-state index contributed by atoms with van der Waals surface area (Å²) in [5, 5.41) is 209. The number of rotatable bonds is 30. The molecule has 3 amide bonds. The number of amides is 3. The first-order valence-electron chi connectivity index (χ1n) is 23.7. The molecule has 0 aliphatic carbocycles. The van der Waals surface area contributed by atoms with Crippen LogP contribution in [0.2, 0.25) is 0 Å². The zero-order chi connectivity index (χ0) is 56.3. The second-order valence-corrected chi connectivity index (χ2v) is 17.1. The van der Waals surface area contributed by atoms with Crippen molar-refractivity contribution in [3.63, 3.8) is 0 Å². The maximum absolute atomic E-state index is 11.9. The highest BCUT2D eigenvalue weighted by atomic mass is 16.7. The molecule has 0 aromatic carbocycles. The molecule has 0 aromatic rings. The summed E-state index contributed by atoms with van der Waals surface area (Å²) in [5.74, 6) is -2.68. The summed E-state index contributed by atoms with van der Waals surface area (Å²) in [6.07, 6.45) is -34.1. The van der Waals surface area contributed by atoms with Crippen LogP contribution in [0, 0.1) is 0 Å². The first-order valence-corrected chi connectivity index (χ1v) is 23.7. The summed E-state index contributed by atoms with van der Waals surface area (Å²) in [7, 11) is 0. The molecule has 0 bridgehead atoms. The summed E-state index contributed by atoms with van der Waals surface area (Å²) in [6.45, 7) is 2.77. The average molecular weight is 1090 g/mol. The van der Waals surface area contributed by atoms with E-state index in [1.165, 1.54) is 0 Å². The van der Waals surface area contributed by atoms with E-state index in [1.807, 2.05) is 20.8 Å². The van der Waals surface area contributed by atoms with Crippen molar-refractivity contribution in [1.82, 2.24) is 16.0 Å². The smallest absolute Gasteiger partial charge is 0.251 e. The third-order valence-electron chi connectivity index (χ3n) is 11.3. The van der Waals surface area contributed by atoms with E-state index >= 15 is 0 Å². The van der Waals surface area contributed by atoms with Gasteiger partial charge in [-0.05, 0) is 19.3 Å². The zero-order valence-electron chi connectivity index (χ0n) is 40.9. The van der Waals surface area contributed by atoms with E-state index in [9.17, 15) is 106 Å². The molecule has 2 rings (SSSR count). The SMILES string of the molecule is C.CCCCNC(=O)C(O)C(O)C(O)C(O)CO.CCCCNC(=O)C(O)C(O)C(O)C(O)COC1OC(CO)C(O)C(O)C1O.CCCCNC(=O)C(O)C(O)C(OC1OC(CO)C(O)C(O)C1O)C(O)CO. The summed E-state index contributed by atoms with van der Waals surface area (Å²) in [6, 6.07) is 0. The fraction of sp³-hybridized carbons (Fsp3) is 0.930. The van der Waals surface area contributed by atoms with Crippen molar-refractivity contribution in [1.29, 1.82) is 0 Å². The number of aliphatic hydroxyl groups excluding tert-OH is 21. The van der Waals surface area contributed by atoms with Gasteiger partial charge in [0, 0.05) is 19.6 Å². The van der Waals surface area contributed by atoms with Gasteiger partial charge in [-0.25, -0.2) is 0 Å². The Morgan fingerprint density at radius 2 is 0.797 bits per heavy atom. The molecule has 0 spiro atoms. The van der Waals surface area contributed by atoms with Crippen molar-refractivity contribution >= 4 is 17.7 Å². The molecule has 2 aliphatic heterocycles. The van der Waals surface area contributed by atoms with Gasteiger partial charge in [-0.1, -0.05) is 47.5 Å². The molecule has 74 heavy (non-hydrogen) atoms. The molecular formula is C43H87N3O28. The van der Waals surface area contributed by atoms with Gasteiger partial charge in [0.05, 0.1) is 33.0 Å². The maximum Gasteiger partial charge on any atom is 0.251 e. The minimum absolute atomic E-state index is 0. The van der Waals surface area contributed by atoms with Crippen LogP contribution in [0.3, 0.4) is 0 Å². The first kappa shape index (κ1) is 73.5. The molecule has 0 saturated carbocycles. The van der Waals surface area contributed by atoms with E-state index in [4.69, 9.17) is 34.3 Å². The fourth-order valence-corrected chi connectivity index (χ4v) is 6.39. The number of nitrogens with one attached hydrogen (secondary N) is 3. The lowest BCUT2D eigenvalue weighted by molar-refractivity contribution is -0.326. The van der Waals surface area contributed by atoms with Crippen molar-refractivity contribution in [3.8, 4) is 0 Å². The lowest BCUT2D eigenvalue weighted by atomic mass is 9.98. The zero-order valence-corrected chi connectivity index (χ0v) is 40.9. The Morgan fingerprint density at radius 3 is 1.15 bits per heavy atom. The van der Waals surface area contributed by atoms with Crippen LogP contribution >= 0.6 is 0 Å². The van der Waals surface area contributed by atoms with Crippen LogP contribution in [0.25, 0.3) is 0 Å². The second-order valence-electron chi connectivity index (χ2n) is 17.1. The molecule has 0 radical (unpaired) electrons. The molecule has 24 N–H and O–H groups in total. The normalized spacial score (nSPS) is 28.7. The number of ether oxygens (including phenoxy) is 4. The average Bonchev–Trinajstić information content (AvgIpc) is 3.39. The van der Waals surface area contributed by atoms with Gasteiger partial charge in [-0.2, -0.15) is 0 Å². The topological polar surface area (TPSA) is 549 Å². The third kappa shape index (κ3) is 23.6. The van der Waals surface area contributed by atoms with Gasteiger partial charge in [-0.3, -0.25) is 14.4 Å². The lowest BCUT2D eigenvalue weighted by Gasteiger charge is -2.42. The highest BCUT2D eigenvalue weighted by Gasteiger charge is 2.48. The number of hydrogen-bond donors (Lipinski definition) is 24. The van der Waals surface area contributed by atoms with Gasteiger partial charge >= 0.3 is 0 Å². The number of carbonyl (C=O) groups excluding carboxylic acids is 3. The minimum Gasteiger partial charge on any atom is -0.394 e. The van der Waals surface area contributed by atoms with E-state index in [0.717, 1.165) is 25.7 Å².